The molecule has 106 valence electrons. The van der Waals surface area contributed by atoms with Gasteiger partial charge in [0.05, 0.1) is 11.8 Å². The lowest BCUT2D eigenvalue weighted by molar-refractivity contribution is 0.296. The van der Waals surface area contributed by atoms with Crippen molar-refractivity contribution in [3.8, 4) is 0 Å². The first-order valence-electron chi connectivity index (χ1n) is 6.75. The van der Waals surface area contributed by atoms with Crippen LogP contribution in [0.3, 0.4) is 0 Å². The van der Waals surface area contributed by atoms with Gasteiger partial charge in [-0.3, -0.25) is 0 Å². The summed E-state index contributed by atoms with van der Waals surface area (Å²) in [5.41, 5.74) is 0. The first-order chi connectivity index (χ1) is 9.81. The van der Waals surface area contributed by atoms with Crippen LogP contribution in [0.1, 0.15) is 37.0 Å². The van der Waals surface area contributed by atoms with Crippen LogP contribution in [0, 0.1) is 0 Å². The zero-order valence-electron chi connectivity index (χ0n) is 11.0. The second-order valence-corrected chi connectivity index (χ2v) is 6.28. The molecule has 1 atom stereocenters. The normalized spacial score (nSPS) is 19.1. The van der Waals surface area contributed by atoms with E-state index in [1.54, 1.807) is 11.8 Å². The van der Waals surface area contributed by atoms with E-state index in [-0.39, 0.29) is 6.04 Å². The molecule has 6 heteroatoms. The quantitative estimate of drug-likeness (QED) is 0.870. The Labute approximate surface area is 127 Å². The molecule has 0 spiro atoms. The van der Waals surface area contributed by atoms with E-state index in [9.17, 15) is 0 Å². The van der Waals surface area contributed by atoms with Crippen LogP contribution in [0.2, 0.25) is 5.02 Å². The molecule has 3 rings (SSSR count). The maximum absolute atomic E-state index is 5.86. The van der Waals surface area contributed by atoms with E-state index < -0.39 is 0 Å². The van der Waals surface area contributed by atoms with Gasteiger partial charge in [0.2, 0.25) is 5.89 Å². The van der Waals surface area contributed by atoms with Crippen molar-refractivity contribution < 1.29 is 4.52 Å². The molecule has 1 aliphatic heterocycles. The lowest BCUT2D eigenvalue weighted by Gasteiger charge is -2.19. The Morgan fingerprint density at radius 2 is 2.15 bits per heavy atom. The molecule has 1 aromatic carbocycles. The van der Waals surface area contributed by atoms with Gasteiger partial charge >= 0.3 is 0 Å². The van der Waals surface area contributed by atoms with Crippen molar-refractivity contribution in [2.24, 2.45) is 0 Å². The molecule has 0 unspecified atom stereocenters. The topological polar surface area (TPSA) is 51.0 Å². The first-order valence-corrected chi connectivity index (χ1v) is 8.12. The largest absolute Gasteiger partial charge is 0.338 e. The average Bonchev–Trinajstić information content (AvgIpc) is 2.97. The van der Waals surface area contributed by atoms with Gasteiger partial charge in [0, 0.05) is 9.92 Å². The van der Waals surface area contributed by atoms with Crippen LogP contribution in [-0.2, 0) is 5.75 Å². The number of benzene rings is 1. The summed E-state index contributed by atoms with van der Waals surface area (Å²) in [5.74, 6) is 2.17. The zero-order valence-corrected chi connectivity index (χ0v) is 12.6. The zero-order chi connectivity index (χ0) is 13.8. The van der Waals surface area contributed by atoms with E-state index in [1.807, 2.05) is 24.3 Å². The Morgan fingerprint density at radius 1 is 1.30 bits per heavy atom. The number of nitrogens with zero attached hydrogens (tertiary/aromatic N) is 2. The van der Waals surface area contributed by atoms with Gasteiger partial charge in [0.15, 0.2) is 5.82 Å². The molecule has 0 saturated carbocycles. The Hall–Kier alpha value is -1.04. The van der Waals surface area contributed by atoms with Gasteiger partial charge in [-0.2, -0.15) is 4.98 Å². The molecule has 4 nitrogen and oxygen atoms in total. The number of hydrogen-bond donors (Lipinski definition) is 1. The fourth-order valence-electron chi connectivity index (χ4n) is 2.21. The molecule has 0 bridgehead atoms. The van der Waals surface area contributed by atoms with Crippen LogP contribution < -0.4 is 5.32 Å². The Morgan fingerprint density at radius 3 is 2.90 bits per heavy atom. The van der Waals surface area contributed by atoms with Crippen molar-refractivity contribution in [1.82, 2.24) is 15.5 Å². The standard InChI is InChI=1S/C14H16ClN3OS/c15-10-4-6-11(7-5-10)20-9-13-17-14(19-18-13)12-3-1-2-8-16-12/h4-7,12,16H,1-3,8-9H2/t12-/m0/s1. The van der Waals surface area contributed by atoms with Crippen LogP contribution in [0.25, 0.3) is 0 Å². The highest BCUT2D eigenvalue weighted by atomic mass is 35.5. The Kier molecular flexibility index (Phi) is 4.60. The predicted molar refractivity (Wildman–Crippen MR) is 79.9 cm³/mol. The van der Waals surface area contributed by atoms with Crippen molar-refractivity contribution in [2.75, 3.05) is 6.54 Å². The number of halogens is 1. The molecule has 0 aliphatic carbocycles. The molecule has 0 radical (unpaired) electrons. The van der Waals surface area contributed by atoms with Gasteiger partial charge in [-0.25, -0.2) is 0 Å². The van der Waals surface area contributed by atoms with Gasteiger partial charge in [0.1, 0.15) is 0 Å². The van der Waals surface area contributed by atoms with Crippen LogP contribution in [0.4, 0.5) is 0 Å². The van der Waals surface area contributed by atoms with Gasteiger partial charge in [-0.1, -0.05) is 23.2 Å². The highest BCUT2D eigenvalue weighted by Gasteiger charge is 2.20. The van der Waals surface area contributed by atoms with Gasteiger partial charge < -0.3 is 9.84 Å². The SMILES string of the molecule is Clc1ccc(SCc2noc([C@@H]3CCCCN3)n2)cc1. The van der Waals surface area contributed by atoms with E-state index in [2.05, 4.69) is 15.5 Å². The third-order valence-corrected chi connectivity index (χ3v) is 4.53. The van der Waals surface area contributed by atoms with Crippen molar-refractivity contribution in [2.45, 2.75) is 36.0 Å². The molecular formula is C14H16ClN3OS. The first kappa shape index (κ1) is 13.9. The van der Waals surface area contributed by atoms with Crippen LogP contribution in [0.15, 0.2) is 33.7 Å². The van der Waals surface area contributed by atoms with Gasteiger partial charge in [-0.15, -0.1) is 11.8 Å². The van der Waals surface area contributed by atoms with Crippen molar-refractivity contribution in [1.29, 1.82) is 0 Å². The van der Waals surface area contributed by atoms with Gasteiger partial charge in [-0.05, 0) is 43.7 Å². The molecule has 2 heterocycles. The van der Waals surface area contributed by atoms with E-state index in [0.717, 1.165) is 34.6 Å². The molecule has 1 N–H and O–H groups in total. The summed E-state index contributed by atoms with van der Waals surface area (Å²) in [6.07, 6.45) is 3.52. The number of piperidine rings is 1. The second-order valence-electron chi connectivity index (χ2n) is 4.79. The summed E-state index contributed by atoms with van der Waals surface area (Å²) < 4.78 is 5.35. The van der Waals surface area contributed by atoms with E-state index in [0.29, 0.717) is 5.75 Å². The highest BCUT2D eigenvalue weighted by molar-refractivity contribution is 7.98. The van der Waals surface area contributed by atoms with Gasteiger partial charge in [0.25, 0.3) is 0 Å². The third-order valence-electron chi connectivity index (χ3n) is 3.27. The summed E-state index contributed by atoms with van der Waals surface area (Å²) >= 11 is 7.54. The highest BCUT2D eigenvalue weighted by Crippen LogP contribution is 2.25. The van der Waals surface area contributed by atoms with Crippen LogP contribution >= 0.6 is 23.4 Å². The summed E-state index contributed by atoms with van der Waals surface area (Å²) in [6, 6.07) is 7.99. The predicted octanol–water partition coefficient (Wildman–Crippen LogP) is 3.83. The van der Waals surface area contributed by atoms with E-state index in [4.69, 9.17) is 16.1 Å². The number of rotatable bonds is 4. The van der Waals surface area contributed by atoms with Crippen LogP contribution in [0.5, 0.6) is 0 Å². The smallest absolute Gasteiger partial charge is 0.243 e. The molecule has 1 aliphatic rings. The summed E-state index contributed by atoms with van der Waals surface area (Å²) in [6.45, 7) is 1.03. The number of thioether (sulfide) groups is 1. The minimum absolute atomic E-state index is 0.227. The monoisotopic (exact) mass is 309 g/mol. The Bertz CT molecular complexity index is 552. The number of nitrogens with one attached hydrogen (secondary N) is 1. The van der Waals surface area contributed by atoms with Crippen molar-refractivity contribution >= 4 is 23.4 Å². The summed E-state index contributed by atoms with van der Waals surface area (Å²) in [4.78, 5) is 5.63. The summed E-state index contributed by atoms with van der Waals surface area (Å²) in [7, 11) is 0. The van der Waals surface area contributed by atoms with Crippen LogP contribution in [-0.4, -0.2) is 16.7 Å². The molecule has 2 aromatic rings. The molecule has 1 fully saturated rings. The Balaban J connectivity index is 1.58. The molecular weight excluding hydrogens is 294 g/mol. The minimum Gasteiger partial charge on any atom is -0.338 e. The second kappa shape index (κ2) is 6.61. The molecule has 20 heavy (non-hydrogen) atoms. The number of hydrogen-bond acceptors (Lipinski definition) is 5. The van der Waals surface area contributed by atoms with E-state index >= 15 is 0 Å². The fraction of sp³-hybridized carbons (Fsp3) is 0.429. The molecule has 0 amide bonds. The minimum atomic E-state index is 0.227. The maximum Gasteiger partial charge on any atom is 0.243 e. The van der Waals surface area contributed by atoms with E-state index in [1.165, 1.54) is 12.8 Å². The number of aromatic nitrogens is 2. The lowest BCUT2D eigenvalue weighted by Crippen LogP contribution is -2.26. The van der Waals surface area contributed by atoms with Crippen molar-refractivity contribution in [3.05, 3.63) is 41.0 Å². The molecule has 1 aromatic heterocycles. The fourth-order valence-corrected chi connectivity index (χ4v) is 3.08. The molecule has 1 saturated heterocycles. The average molecular weight is 310 g/mol. The summed E-state index contributed by atoms with van der Waals surface area (Å²) in [5, 5.41) is 8.21. The van der Waals surface area contributed by atoms with Crippen molar-refractivity contribution in [3.63, 3.8) is 0 Å². The lowest BCUT2D eigenvalue weighted by atomic mass is 10.1. The third kappa shape index (κ3) is 3.53. The maximum atomic E-state index is 5.86.